The van der Waals surface area contributed by atoms with Gasteiger partial charge in [0.05, 0.1) is 24.9 Å². The standard InChI is InChI=1S/C21H18FN5O3S/c1-2-30-18(28)11-14-13-31-21(24-14)25-19(29)15-12-23-27(17-8-4-3-7-16(17)22)20(15)26-9-5-6-10-26/h3-10,12-13H,2,11H2,1H3,(H,24,25,29). The molecule has 0 spiro atoms. The molecule has 3 heterocycles. The molecule has 0 unspecified atom stereocenters. The Hall–Kier alpha value is -3.79. The molecule has 0 aliphatic rings. The van der Waals surface area contributed by atoms with Gasteiger partial charge in [-0.25, -0.2) is 14.1 Å². The number of carbonyl (C=O) groups excluding carboxylic acids is 2. The van der Waals surface area contributed by atoms with E-state index in [2.05, 4.69) is 15.4 Å². The summed E-state index contributed by atoms with van der Waals surface area (Å²) in [5.74, 6) is -0.916. The average molecular weight is 439 g/mol. The van der Waals surface area contributed by atoms with Gasteiger partial charge in [0.25, 0.3) is 5.91 Å². The van der Waals surface area contributed by atoms with Crippen LogP contribution in [0.3, 0.4) is 0 Å². The number of para-hydroxylation sites is 1. The number of esters is 1. The summed E-state index contributed by atoms with van der Waals surface area (Å²) >= 11 is 1.20. The minimum absolute atomic E-state index is 0.0278. The summed E-state index contributed by atoms with van der Waals surface area (Å²) < 4.78 is 22.4. The summed E-state index contributed by atoms with van der Waals surface area (Å²) in [6.45, 7) is 2.02. The van der Waals surface area contributed by atoms with Gasteiger partial charge >= 0.3 is 5.97 Å². The van der Waals surface area contributed by atoms with Crippen LogP contribution in [-0.2, 0) is 16.0 Å². The van der Waals surface area contributed by atoms with Crippen LogP contribution in [-0.4, -0.2) is 37.8 Å². The van der Waals surface area contributed by atoms with Gasteiger partial charge < -0.3 is 9.30 Å². The zero-order valence-corrected chi connectivity index (χ0v) is 17.3. The molecule has 0 saturated heterocycles. The molecule has 3 aromatic heterocycles. The molecular formula is C21H18FN5O3S. The first-order chi connectivity index (χ1) is 15.1. The van der Waals surface area contributed by atoms with Crippen LogP contribution in [0.4, 0.5) is 9.52 Å². The van der Waals surface area contributed by atoms with E-state index in [-0.39, 0.29) is 23.6 Å². The molecule has 0 fully saturated rings. The summed E-state index contributed by atoms with van der Waals surface area (Å²) in [6.07, 6.45) is 4.89. The molecule has 31 heavy (non-hydrogen) atoms. The Morgan fingerprint density at radius 3 is 2.71 bits per heavy atom. The first-order valence-corrected chi connectivity index (χ1v) is 10.3. The molecular weight excluding hydrogens is 421 g/mol. The van der Waals surface area contributed by atoms with Gasteiger partial charge in [0.2, 0.25) is 0 Å². The lowest BCUT2D eigenvalue weighted by Gasteiger charge is -2.11. The summed E-state index contributed by atoms with van der Waals surface area (Å²) in [5, 5.41) is 8.99. The van der Waals surface area contributed by atoms with E-state index in [4.69, 9.17) is 4.74 Å². The van der Waals surface area contributed by atoms with Crippen molar-refractivity contribution in [3.05, 3.63) is 77.4 Å². The van der Waals surface area contributed by atoms with Gasteiger partial charge in [-0.05, 0) is 31.2 Å². The third-order valence-corrected chi connectivity index (χ3v) is 5.13. The van der Waals surface area contributed by atoms with Crippen molar-refractivity contribution in [3.8, 4) is 11.5 Å². The Kier molecular flexibility index (Phi) is 5.89. The zero-order chi connectivity index (χ0) is 21.8. The van der Waals surface area contributed by atoms with Gasteiger partial charge in [-0.15, -0.1) is 11.3 Å². The molecule has 4 aromatic rings. The minimum atomic E-state index is -0.463. The maximum absolute atomic E-state index is 14.4. The average Bonchev–Trinajstić information content (AvgIpc) is 3.49. The smallest absolute Gasteiger partial charge is 0.311 e. The van der Waals surface area contributed by atoms with Crippen LogP contribution in [0.1, 0.15) is 23.0 Å². The number of aromatic nitrogens is 4. The molecule has 0 aliphatic heterocycles. The molecule has 10 heteroatoms. The number of amides is 1. The van der Waals surface area contributed by atoms with Crippen LogP contribution >= 0.6 is 11.3 Å². The predicted molar refractivity (Wildman–Crippen MR) is 113 cm³/mol. The molecule has 0 aliphatic carbocycles. The molecule has 0 saturated carbocycles. The van der Waals surface area contributed by atoms with E-state index in [1.807, 2.05) is 0 Å². The van der Waals surface area contributed by atoms with Crippen LogP contribution in [0, 0.1) is 5.82 Å². The van der Waals surface area contributed by atoms with Crippen molar-refractivity contribution >= 4 is 28.3 Å². The lowest BCUT2D eigenvalue weighted by Crippen LogP contribution is -2.15. The number of carbonyl (C=O) groups is 2. The molecule has 0 radical (unpaired) electrons. The van der Waals surface area contributed by atoms with Crippen LogP contribution in [0.5, 0.6) is 0 Å². The number of ether oxygens (including phenoxy) is 1. The molecule has 0 bridgehead atoms. The predicted octanol–water partition coefficient (Wildman–Crippen LogP) is 3.62. The normalized spacial score (nSPS) is 10.8. The van der Waals surface area contributed by atoms with E-state index >= 15 is 0 Å². The van der Waals surface area contributed by atoms with Gasteiger partial charge in [-0.3, -0.25) is 14.9 Å². The lowest BCUT2D eigenvalue weighted by molar-refractivity contribution is -0.142. The summed E-state index contributed by atoms with van der Waals surface area (Å²) in [4.78, 5) is 28.9. The number of nitrogens with one attached hydrogen (secondary N) is 1. The number of anilines is 1. The number of hydrogen-bond donors (Lipinski definition) is 1. The van der Waals surface area contributed by atoms with Crippen LogP contribution in [0.25, 0.3) is 11.5 Å². The van der Waals surface area contributed by atoms with Gasteiger partial charge in [-0.1, -0.05) is 12.1 Å². The fraction of sp³-hybridized carbons (Fsp3) is 0.143. The molecule has 1 N–H and O–H groups in total. The largest absolute Gasteiger partial charge is 0.466 e. The number of hydrogen-bond acceptors (Lipinski definition) is 6. The van der Waals surface area contributed by atoms with Crippen molar-refractivity contribution in [2.24, 2.45) is 0 Å². The monoisotopic (exact) mass is 439 g/mol. The first-order valence-electron chi connectivity index (χ1n) is 9.44. The third-order valence-electron chi connectivity index (χ3n) is 4.32. The van der Waals surface area contributed by atoms with Crippen molar-refractivity contribution in [1.29, 1.82) is 0 Å². The second-order valence-electron chi connectivity index (χ2n) is 6.42. The van der Waals surface area contributed by atoms with Crippen molar-refractivity contribution in [1.82, 2.24) is 19.3 Å². The van der Waals surface area contributed by atoms with Crippen molar-refractivity contribution in [3.63, 3.8) is 0 Å². The molecule has 1 amide bonds. The highest BCUT2D eigenvalue weighted by Gasteiger charge is 2.22. The summed E-state index contributed by atoms with van der Waals surface area (Å²) in [7, 11) is 0. The topological polar surface area (TPSA) is 91.0 Å². The highest BCUT2D eigenvalue weighted by Crippen LogP contribution is 2.23. The van der Waals surface area contributed by atoms with E-state index < -0.39 is 11.7 Å². The highest BCUT2D eigenvalue weighted by molar-refractivity contribution is 7.14. The molecule has 8 nitrogen and oxygen atoms in total. The second-order valence-corrected chi connectivity index (χ2v) is 7.27. The Morgan fingerprint density at radius 1 is 1.19 bits per heavy atom. The zero-order valence-electron chi connectivity index (χ0n) is 16.5. The van der Waals surface area contributed by atoms with E-state index in [0.29, 0.717) is 23.3 Å². The third kappa shape index (κ3) is 4.38. The summed E-state index contributed by atoms with van der Waals surface area (Å²) in [6, 6.07) is 9.78. The Balaban J connectivity index is 1.63. The van der Waals surface area contributed by atoms with Gasteiger partial charge in [0.15, 0.2) is 10.9 Å². The van der Waals surface area contributed by atoms with E-state index in [0.717, 1.165) is 0 Å². The quantitative estimate of drug-likeness (QED) is 0.444. The number of thiazole rings is 1. The molecule has 4 rings (SSSR count). The van der Waals surface area contributed by atoms with Gasteiger partial charge in [-0.2, -0.15) is 5.10 Å². The van der Waals surface area contributed by atoms with Crippen LogP contribution in [0.2, 0.25) is 0 Å². The first kappa shape index (κ1) is 20.5. The molecule has 0 atom stereocenters. The molecule has 158 valence electrons. The number of rotatable bonds is 7. The maximum atomic E-state index is 14.4. The number of halogens is 1. The second kappa shape index (κ2) is 8.92. The minimum Gasteiger partial charge on any atom is -0.466 e. The maximum Gasteiger partial charge on any atom is 0.311 e. The van der Waals surface area contributed by atoms with Crippen LogP contribution in [0.15, 0.2) is 60.4 Å². The van der Waals surface area contributed by atoms with Crippen molar-refractivity contribution < 1.29 is 18.7 Å². The van der Waals surface area contributed by atoms with Gasteiger partial charge in [0.1, 0.15) is 17.1 Å². The van der Waals surface area contributed by atoms with Crippen LogP contribution < -0.4 is 5.32 Å². The fourth-order valence-electron chi connectivity index (χ4n) is 3.00. The van der Waals surface area contributed by atoms with E-state index in [1.165, 1.54) is 28.3 Å². The van der Waals surface area contributed by atoms with Crippen molar-refractivity contribution in [2.45, 2.75) is 13.3 Å². The van der Waals surface area contributed by atoms with E-state index in [9.17, 15) is 14.0 Å². The Labute approximate surface area is 180 Å². The number of nitrogens with zero attached hydrogens (tertiary/aromatic N) is 4. The summed E-state index contributed by atoms with van der Waals surface area (Å²) in [5.41, 5.74) is 0.962. The Bertz CT molecular complexity index is 1220. The van der Waals surface area contributed by atoms with E-state index in [1.54, 1.807) is 59.6 Å². The SMILES string of the molecule is CCOC(=O)Cc1csc(NC(=O)c2cnn(-c3ccccc3F)c2-n2cccc2)n1. The lowest BCUT2D eigenvalue weighted by atomic mass is 10.2. The van der Waals surface area contributed by atoms with Gasteiger partial charge in [0, 0.05) is 17.8 Å². The fourth-order valence-corrected chi connectivity index (χ4v) is 3.70. The highest BCUT2D eigenvalue weighted by atomic mass is 32.1. The Morgan fingerprint density at radius 2 is 1.97 bits per heavy atom. The van der Waals surface area contributed by atoms with Crippen molar-refractivity contribution in [2.75, 3.05) is 11.9 Å². The molecule has 1 aromatic carbocycles. The number of benzene rings is 1.